The molecule has 2 aliphatic heterocycles. The minimum Gasteiger partial charge on any atom is -0.352 e. The maximum atomic E-state index is 13.1. The fraction of sp³-hybridized carbons (Fsp3) is 0.480. The second-order valence-corrected chi connectivity index (χ2v) is 11.4. The van der Waals surface area contributed by atoms with Crippen molar-refractivity contribution in [1.29, 1.82) is 0 Å². The van der Waals surface area contributed by atoms with Crippen molar-refractivity contribution in [2.24, 2.45) is 11.8 Å². The second kappa shape index (κ2) is 10.1. The number of carbonyl (C=O) groups is 1. The van der Waals surface area contributed by atoms with Crippen LogP contribution in [0.15, 0.2) is 48.5 Å². The maximum Gasteiger partial charge on any atom is 0.223 e. The summed E-state index contributed by atoms with van der Waals surface area (Å²) in [6.45, 7) is 5.84. The van der Waals surface area contributed by atoms with Gasteiger partial charge >= 0.3 is 0 Å². The number of hydrogen-bond donors (Lipinski definition) is 2. The molecule has 33 heavy (non-hydrogen) atoms. The molecule has 8 heteroatoms. The Morgan fingerprint density at radius 1 is 1.12 bits per heavy atom. The van der Waals surface area contributed by atoms with Crippen LogP contribution in [0, 0.1) is 18.8 Å². The van der Waals surface area contributed by atoms with E-state index in [4.69, 9.17) is 11.6 Å². The lowest BCUT2D eigenvalue weighted by molar-refractivity contribution is -0.126. The monoisotopic (exact) mass is 489 g/mol. The summed E-state index contributed by atoms with van der Waals surface area (Å²) in [4.78, 5) is 14.9. The highest BCUT2D eigenvalue weighted by molar-refractivity contribution is 7.90. The van der Waals surface area contributed by atoms with Crippen molar-refractivity contribution in [1.82, 2.24) is 14.9 Å². The fourth-order valence-electron chi connectivity index (χ4n) is 5.10. The number of aryl methyl sites for hydroxylation is 1. The number of likely N-dealkylation sites (tertiary alicyclic amines) is 1. The van der Waals surface area contributed by atoms with E-state index >= 15 is 0 Å². The predicted molar refractivity (Wildman–Crippen MR) is 131 cm³/mol. The van der Waals surface area contributed by atoms with E-state index in [1.54, 1.807) is 0 Å². The first-order valence-electron chi connectivity index (χ1n) is 11.6. The first kappa shape index (κ1) is 24.2. The molecule has 0 radical (unpaired) electrons. The summed E-state index contributed by atoms with van der Waals surface area (Å²) in [5, 5.41) is 3.10. The smallest absolute Gasteiger partial charge is 0.223 e. The minimum atomic E-state index is -3.47. The molecule has 0 spiro atoms. The Morgan fingerprint density at radius 3 is 2.42 bits per heavy atom. The van der Waals surface area contributed by atoms with Gasteiger partial charge in [0.25, 0.3) is 0 Å². The molecule has 2 fully saturated rings. The lowest BCUT2D eigenvalue weighted by atomic mass is 9.90. The fourth-order valence-corrected chi connectivity index (χ4v) is 7.42. The molecule has 3 unspecified atom stereocenters. The van der Waals surface area contributed by atoms with Gasteiger partial charge in [-0.15, -0.1) is 0 Å². The summed E-state index contributed by atoms with van der Waals surface area (Å²) in [5.74, 6) is -0.0795. The van der Waals surface area contributed by atoms with Crippen molar-refractivity contribution >= 4 is 27.5 Å². The van der Waals surface area contributed by atoms with Crippen LogP contribution in [-0.2, 0) is 21.4 Å². The number of hydrogen-bond acceptors (Lipinski definition) is 4. The van der Waals surface area contributed by atoms with Crippen LogP contribution in [0.4, 0.5) is 0 Å². The molecule has 2 N–H and O–H groups in total. The Kier molecular flexibility index (Phi) is 7.43. The van der Waals surface area contributed by atoms with E-state index in [1.807, 2.05) is 55.5 Å². The molecule has 0 aliphatic carbocycles. The molecule has 0 bridgehead atoms. The topological polar surface area (TPSA) is 78.5 Å². The lowest BCUT2D eigenvalue weighted by Gasteiger charge is -2.37. The summed E-state index contributed by atoms with van der Waals surface area (Å²) in [5.41, 5.74) is 2.86. The van der Waals surface area contributed by atoms with Crippen LogP contribution in [-0.4, -0.2) is 38.5 Å². The summed E-state index contributed by atoms with van der Waals surface area (Å²) >= 11 is 6.19. The van der Waals surface area contributed by atoms with Gasteiger partial charge in [0.1, 0.15) is 5.25 Å². The van der Waals surface area contributed by atoms with Gasteiger partial charge in [-0.25, -0.2) is 8.42 Å². The van der Waals surface area contributed by atoms with Gasteiger partial charge < -0.3 is 5.32 Å². The maximum absolute atomic E-state index is 13.1. The van der Waals surface area contributed by atoms with Crippen molar-refractivity contribution in [3.05, 3.63) is 70.2 Å². The van der Waals surface area contributed by atoms with E-state index in [-0.39, 0.29) is 23.9 Å². The van der Waals surface area contributed by atoms with E-state index in [9.17, 15) is 13.2 Å². The predicted octanol–water partition coefficient (Wildman–Crippen LogP) is 4.00. The van der Waals surface area contributed by atoms with Gasteiger partial charge in [-0.3, -0.25) is 9.69 Å². The number of halogens is 1. The second-order valence-electron chi connectivity index (χ2n) is 9.13. The molecule has 0 aromatic heterocycles. The zero-order valence-corrected chi connectivity index (χ0v) is 20.7. The number of nitrogens with zero attached hydrogens (tertiary/aromatic N) is 1. The van der Waals surface area contributed by atoms with Crippen LogP contribution < -0.4 is 10.0 Å². The van der Waals surface area contributed by atoms with Crippen molar-refractivity contribution in [2.45, 2.75) is 51.1 Å². The summed E-state index contributed by atoms with van der Waals surface area (Å²) in [7, 11) is -3.47. The average molecular weight is 490 g/mol. The summed E-state index contributed by atoms with van der Waals surface area (Å²) in [6.07, 6.45) is 1.93. The molecular weight excluding hydrogens is 458 g/mol. The minimum absolute atomic E-state index is 0.0335. The van der Waals surface area contributed by atoms with Gasteiger partial charge in [0.2, 0.25) is 15.9 Å². The van der Waals surface area contributed by atoms with E-state index in [1.165, 1.54) is 0 Å². The van der Waals surface area contributed by atoms with Crippen LogP contribution >= 0.6 is 11.6 Å². The highest BCUT2D eigenvalue weighted by atomic mass is 35.5. The van der Waals surface area contributed by atoms with Crippen molar-refractivity contribution < 1.29 is 13.2 Å². The number of nitrogens with one attached hydrogen (secondary N) is 2. The first-order chi connectivity index (χ1) is 15.8. The SMILES string of the molecule is CCC1C(N2CCC(C(=O)NCc3ccccc3Cl)CC2)NS(=O)(=O)C1c1ccc(C)cc1. The summed E-state index contributed by atoms with van der Waals surface area (Å²) in [6, 6.07) is 15.3. The number of piperidine rings is 1. The van der Waals surface area contributed by atoms with Crippen molar-refractivity contribution in [3.63, 3.8) is 0 Å². The molecule has 1 amide bonds. The van der Waals surface area contributed by atoms with Crippen LogP contribution in [0.5, 0.6) is 0 Å². The quantitative estimate of drug-likeness (QED) is 0.642. The van der Waals surface area contributed by atoms with Crippen LogP contribution in [0.2, 0.25) is 5.02 Å². The highest BCUT2D eigenvalue weighted by Crippen LogP contribution is 2.41. The first-order valence-corrected chi connectivity index (χ1v) is 13.6. The molecule has 6 nitrogen and oxygen atoms in total. The largest absolute Gasteiger partial charge is 0.352 e. The molecule has 178 valence electrons. The normalized spacial score (nSPS) is 25.7. The molecule has 2 saturated heterocycles. The summed E-state index contributed by atoms with van der Waals surface area (Å²) < 4.78 is 29.1. The van der Waals surface area contributed by atoms with E-state index in [0.29, 0.717) is 37.5 Å². The van der Waals surface area contributed by atoms with Crippen LogP contribution in [0.25, 0.3) is 0 Å². The van der Waals surface area contributed by atoms with Crippen molar-refractivity contribution in [3.8, 4) is 0 Å². The Labute approximate surface area is 201 Å². The van der Waals surface area contributed by atoms with Gasteiger partial charge in [0, 0.05) is 36.5 Å². The Bertz CT molecular complexity index is 1080. The third kappa shape index (κ3) is 5.27. The Balaban J connectivity index is 1.38. The van der Waals surface area contributed by atoms with Gasteiger partial charge in [-0.2, -0.15) is 4.72 Å². The van der Waals surface area contributed by atoms with E-state index in [2.05, 4.69) is 21.9 Å². The zero-order valence-electron chi connectivity index (χ0n) is 19.1. The molecule has 2 aromatic carbocycles. The van der Waals surface area contributed by atoms with E-state index in [0.717, 1.165) is 23.1 Å². The molecule has 2 aromatic rings. The van der Waals surface area contributed by atoms with Gasteiger partial charge in [0.05, 0.1) is 6.17 Å². The molecule has 4 rings (SSSR count). The van der Waals surface area contributed by atoms with Crippen LogP contribution in [0.1, 0.15) is 48.1 Å². The lowest BCUT2D eigenvalue weighted by Crippen LogP contribution is -2.51. The molecule has 2 heterocycles. The number of benzene rings is 2. The third-order valence-corrected chi connectivity index (χ3v) is 9.22. The van der Waals surface area contributed by atoms with Crippen LogP contribution in [0.3, 0.4) is 0 Å². The standard InChI is InChI=1S/C25H32ClN3O3S/c1-3-21-23(18-10-8-17(2)9-11-18)33(31,32)28-24(21)29-14-12-19(13-15-29)25(30)27-16-20-6-4-5-7-22(20)26/h4-11,19,21,23-24,28H,3,12-16H2,1-2H3,(H,27,30). The molecule has 2 aliphatic rings. The number of rotatable bonds is 6. The zero-order chi connectivity index (χ0) is 23.6. The third-order valence-electron chi connectivity index (χ3n) is 7.00. The number of sulfonamides is 1. The highest BCUT2D eigenvalue weighted by Gasteiger charge is 2.49. The van der Waals surface area contributed by atoms with Gasteiger partial charge in [-0.05, 0) is 43.4 Å². The van der Waals surface area contributed by atoms with Crippen molar-refractivity contribution in [2.75, 3.05) is 13.1 Å². The number of amides is 1. The van der Waals surface area contributed by atoms with E-state index < -0.39 is 15.3 Å². The Morgan fingerprint density at radius 2 is 1.79 bits per heavy atom. The van der Waals surface area contributed by atoms with Gasteiger partial charge in [-0.1, -0.05) is 66.6 Å². The number of carbonyl (C=O) groups excluding carboxylic acids is 1. The molecular formula is C25H32ClN3O3S. The van der Waals surface area contributed by atoms with Gasteiger partial charge in [0.15, 0.2) is 0 Å². The average Bonchev–Trinajstić information content (AvgIpc) is 3.09. The Hall–Kier alpha value is -1.93. The molecule has 3 atom stereocenters. The molecule has 0 saturated carbocycles.